The van der Waals surface area contributed by atoms with Crippen LogP contribution in [0.5, 0.6) is 5.75 Å². The van der Waals surface area contributed by atoms with Crippen molar-refractivity contribution in [2.45, 2.75) is 123 Å². The van der Waals surface area contributed by atoms with Crippen LogP contribution < -0.4 is 4.74 Å². The van der Waals surface area contributed by atoms with E-state index in [0.717, 1.165) is 48.8 Å². The number of nitrogens with zero attached hydrogens (tertiary/aromatic N) is 1. The highest BCUT2D eigenvalue weighted by Crippen LogP contribution is 2.29. The smallest absolute Gasteiger partial charge is 0.185 e. The van der Waals surface area contributed by atoms with E-state index < -0.39 is 0 Å². The number of hydrogen-bond acceptors (Lipinski definition) is 4. The molecule has 1 aliphatic heterocycles. The first kappa shape index (κ1) is 30.6. The molecular formula is C34H53NO3. The summed E-state index contributed by atoms with van der Waals surface area (Å²) in [6.07, 6.45) is 22.9. The first-order valence-electron chi connectivity index (χ1n) is 15.7. The standard InChI is InChI=1S/C34H53NO3/c1-3-5-7-9-10-11-12-13-14-16-18-29-27-37-34(38-28-29)31-21-24-33(35-26-31)30-19-22-32(23-20-30)36-25-17-15-8-6-4-2/h19-24,26,29,34H,3-18,25,27-28H2,1-2H3. The summed E-state index contributed by atoms with van der Waals surface area (Å²) in [6.45, 7) is 6.88. The lowest BCUT2D eigenvalue weighted by atomic mass is 10.0. The van der Waals surface area contributed by atoms with Gasteiger partial charge in [-0.05, 0) is 43.2 Å². The first-order chi connectivity index (χ1) is 18.8. The van der Waals surface area contributed by atoms with Gasteiger partial charge >= 0.3 is 0 Å². The van der Waals surface area contributed by atoms with E-state index in [4.69, 9.17) is 14.2 Å². The number of rotatable bonds is 20. The van der Waals surface area contributed by atoms with E-state index in [1.807, 2.05) is 18.3 Å². The fourth-order valence-electron chi connectivity index (χ4n) is 5.16. The maximum Gasteiger partial charge on any atom is 0.185 e. The van der Waals surface area contributed by atoms with Gasteiger partial charge < -0.3 is 14.2 Å². The van der Waals surface area contributed by atoms with Gasteiger partial charge in [0.1, 0.15) is 5.75 Å². The Labute approximate surface area is 232 Å². The third-order valence-corrected chi connectivity index (χ3v) is 7.66. The molecule has 0 bridgehead atoms. The fraction of sp³-hybridized carbons (Fsp3) is 0.676. The maximum absolute atomic E-state index is 6.07. The van der Waals surface area contributed by atoms with Gasteiger partial charge in [-0.3, -0.25) is 4.98 Å². The Morgan fingerprint density at radius 2 is 1.26 bits per heavy atom. The van der Waals surface area contributed by atoms with Crippen molar-refractivity contribution in [2.75, 3.05) is 19.8 Å². The van der Waals surface area contributed by atoms with Crippen LogP contribution in [0, 0.1) is 5.92 Å². The lowest BCUT2D eigenvalue weighted by Crippen LogP contribution is -2.27. The van der Waals surface area contributed by atoms with E-state index in [2.05, 4.69) is 43.1 Å². The third kappa shape index (κ3) is 11.9. The van der Waals surface area contributed by atoms with E-state index >= 15 is 0 Å². The minimum atomic E-state index is -0.298. The van der Waals surface area contributed by atoms with Crippen molar-refractivity contribution in [3.63, 3.8) is 0 Å². The highest BCUT2D eigenvalue weighted by atomic mass is 16.7. The highest BCUT2D eigenvalue weighted by molar-refractivity contribution is 5.60. The predicted molar refractivity (Wildman–Crippen MR) is 159 cm³/mol. The molecule has 1 saturated heterocycles. The van der Waals surface area contributed by atoms with Crippen LogP contribution in [0.25, 0.3) is 11.3 Å². The van der Waals surface area contributed by atoms with E-state index in [0.29, 0.717) is 5.92 Å². The lowest BCUT2D eigenvalue weighted by molar-refractivity contribution is -0.206. The van der Waals surface area contributed by atoms with E-state index in [-0.39, 0.29) is 6.29 Å². The predicted octanol–water partition coefficient (Wildman–Crippen LogP) is 10.1. The second-order valence-corrected chi connectivity index (χ2v) is 11.1. The van der Waals surface area contributed by atoms with E-state index in [1.54, 1.807) is 0 Å². The van der Waals surface area contributed by atoms with Crippen molar-refractivity contribution >= 4 is 0 Å². The molecule has 0 spiro atoms. The zero-order valence-electron chi connectivity index (χ0n) is 24.3. The molecule has 1 aromatic heterocycles. The SMILES string of the molecule is CCCCCCCCCCCCC1COC(c2ccc(-c3ccc(OCCCCCCC)cc3)nc2)OC1. The van der Waals surface area contributed by atoms with Crippen LogP contribution in [-0.2, 0) is 9.47 Å². The van der Waals surface area contributed by atoms with Gasteiger partial charge in [-0.1, -0.05) is 110 Å². The van der Waals surface area contributed by atoms with Crippen molar-refractivity contribution in [3.8, 4) is 17.0 Å². The Morgan fingerprint density at radius 3 is 1.84 bits per heavy atom. The molecule has 0 amide bonds. The number of benzene rings is 1. The number of pyridine rings is 1. The molecule has 1 aromatic carbocycles. The monoisotopic (exact) mass is 523 g/mol. The molecule has 38 heavy (non-hydrogen) atoms. The molecule has 0 aliphatic carbocycles. The van der Waals surface area contributed by atoms with Gasteiger partial charge in [0, 0.05) is 23.2 Å². The minimum Gasteiger partial charge on any atom is -0.494 e. The Bertz CT molecular complexity index is 828. The summed E-state index contributed by atoms with van der Waals surface area (Å²) >= 11 is 0. The zero-order valence-corrected chi connectivity index (χ0v) is 24.3. The molecule has 0 N–H and O–H groups in total. The van der Waals surface area contributed by atoms with Crippen LogP contribution in [0.4, 0.5) is 0 Å². The van der Waals surface area contributed by atoms with Crippen molar-refractivity contribution in [1.29, 1.82) is 0 Å². The minimum absolute atomic E-state index is 0.298. The summed E-state index contributed by atoms with van der Waals surface area (Å²) in [5, 5.41) is 0. The summed E-state index contributed by atoms with van der Waals surface area (Å²) in [6, 6.07) is 12.4. The number of unbranched alkanes of at least 4 members (excludes halogenated alkanes) is 13. The average molecular weight is 524 g/mol. The van der Waals surface area contributed by atoms with Crippen LogP contribution in [0.15, 0.2) is 42.6 Å². The summed E-state index contributed by atoms with van der Waals surface area (Å²) in [5.74, 6) is 1.45. The highest BCUT2D eigenvalue weighted by Gasteiger charge is 2.23. The van der Waals surface area contributed by atoms with Crippen LogP contribution in [0.2, 0.25) is 0 Å². The van der Waals surface area contributed by atoms with Gasteiger partial charge in [0.2, 0.25) is 0 Å². The number of ether oxygens (including phenoxy) is 3. The molecule has 0 saturated carbocycles. The molecule has 0 unspecified atom stereocenters. The Balaban J connectivity index is 1.28. The quantitative estimate of drug-likeness (QED) is 0.162. The van der Waals surface area contributed by atoms with Crippen molar-refractivity contribution in [3.05, 3.63) is 48.2 Å². The van der Waals surface area contributed by atoms with Gasteiger partial charge in [0.05, 0.1) is 25.5 Å². The van der Waals surface area contributed by atoms with Crippen LogP contribution in [-0.4, -0.2) is 24.8 Å². The maximum atomic E-state index is 6.07. The Morgan fingerprint density at radius 1 is 0.684 bits per heavy atom. The average Bonchev–Trinajstić information content (AvgIpc) is 2.97. The van der Waals surface area contributed by atoms with Crippen LogP contribution >= 0.6 is 0 Å². The summed E-state index contributed by atoms with van der Waals surface area (Å²) in [7, 11) is 0. The largest absolute Gasteiger partial charge is 0.494 e. The fourth-order valence-corrected chi connectivity index (χ4v) is 5.16. The first-order valence-corrected chi connectivity index (χ1v) is 15.7. The van der Waals surface area contributed by atoms with Gasteiger partial charge in [-0.15, -0.1) is 0 Å². The summed E-state index contributed by atoms with van der Waals surface area (Å²) in [5.41, 5.74) is 3.04. The van der Waals surface area contributed by atoms with Crippen molar-refractivity contribution < 1.29 is 14.2 Å². The molecule has 1 aliphatic rings. The van der Waals surface area contributed by atoms with Crippen molar-refractivity contribution in [1.82, 2.24) is 4.98 Å². The van der Waals surface area contributed by atoms with Crippen LogP contribution in [0.1, 0.15) is 128 Å². The number of hydrogen-bond donors (Lipinski definition) is 0. The molecule has 3 rings (SSSR count). The molecule has 1 fully saturated rings. The third-order valence-electron chi connectivity index (χ3n) is 7.66. The van der Waals surface area contributed by atoms with E-state index in [9.17, 15) is 0 Å². The molecular weight excluding hydrogens is 470 g/mol. The lowest BCUT2D eigenvalue weighted by Gasteiger charge is -2.29. The summed E-state index contributed by atoms with van der Waals surface area (Å²) < 4.78 is 18.0. The second-order valence-electron chi connectivity index (χ2n) is 11.1. The topological polar surface area (TPSA) is 40.6 Å². The van der Waals surface area contributed by atoms with Gasteiger partial charge in [0.15, 0.2) is 6.29 Å². The molecule has 4 nitrogen and oxygen atoms in total. The normalized spacial score (nSPS) is 17.5. The molecule has 2 heterocycles. The second kappa shape index (κ2) is 19.2. The molecule has 0 atom stereocenters. The Kier molecular flexibility index (Phi) is 15.5. The molecule has 212 valence electrons. The zero-order chi connectivity index (χ0) is 26.7. The van der Waals surface area contributed by atoms with Crippen molar-refractivity contribution in [2.24, 2.45) is 5.92 Å². The van der Waals surface area contributed by atoms with Gasteiger partial charge in [0.25, 0.3) is 0 Å². The Hall–Kier alpha value is -1.91. The van der Waals surface area contributed by atoms with Gasteiger partial charge in [-0.2, -0.15) is 0 Å². The van der Waals surface area contributed by atoms with Gasteiger partial charge in [-0.25, -0.2) is 0 Å². The summed E-state index contributed by atoms with van der Waals surface area (Å²) in [4.78, 5) is 4.68. The van der Waals surface area contributed by atoms with Crippen LogP contribution in [0.3, 0.4) is 0 Å². The number of aromatic nitrogens is 1. The molecule has 0 radical (unpaired) electrons. The molecule has 2 aromatic rings. The molecule has 4 heteroatoms. The van der Waals surface area contributed by atoms with E-state index in [1.165, 1.54) is 96.3 Å².